The molecule has 1 heteroatoms. The minimum Gasteiger partial charge on any atom is -0.349 e. The predicted octanol–water partition coefficient (Wildman–Crippen LogP) is 4.38. The molecule has 0 aromatic heterocycles. The Labute approximate surface area is 94.4 Å². The third-order valence-electron chi connectivity index (χ3n) is 1.99. The minimum atomic E-state index is 0.967. The molecule has 1 aromatic rings. The highest BCUT2D eigenvalue weighted by Crippen LogP contribution is 2.18. The van der Waals surface area contributed by atoms with Crippen LogP contribution in [-0.2, 0) is 0 Å². The molecule has 0 saturated heterocycles. The smallest absolute Gasteiger partial charge is 0.0435 e. The van der Waals surface area contributed by atoms with E-state index in [9.17, 15) is 0 Å². The number of aryl methyl sites for hydroxylation is 1. The largest absolute Gasteiger partial charge is 0.349 e. The zero-order valence-electron chi connectivity index (χ0n) is 10.5. The van der Waals surface area contributed by atoms with E-state index in [1.807, 2.05) is 6.20 Å². The summed E-state index contributed by atoms with van der Waals surface area (Å²) in [6, 6.07) is 8.33. The summed E-state index contributed by atoms with van der Waals surface area (Å²) >= 11 is 0. The van der Waals surface area contributed by atoms with Crippen LogP contribution in [0.2, 0.25) is 0 Å². The molecule has 0 bridgehead atoms. The molecule has 1 aromatic carbocycles. The zero-order chi connectivity index (χ0) is 11.7. The average Bonchev–Trinajstić information content (AvgIpc) is 2.24. The van der Waals surface area contributed by atoms with Gasteiger partial charge in [-0.25, -0.2) is 0 Å². The molecule has 0 unspecified atom stereocenters. The molecule has 1 nitrogen and oxygen atoms in total. The number of hydrogen-bond donors (Lipinski definition) is 0. The number of rotatable bonds is 3. The van der Waals surface area contributed by atoms with E-state index < -0.39 is 0 Å². The van der Waals surface area contributed by atoms with Crippen LogP contribution in [0.25, 0.3) is 0 Å². The topological polar surface area (TPSA) is 3.24 Å². The molecule has 1 rings (SSSR count). The van der Waals surface area contributed by atoms with Gasteiger partial charge in [-0.3, -0.25) is 0 Å². The first kappa shape index (κ1) is 13.8. The second kappa shape index (κ2) is 8.10. The summed E-state index contributed by atoms with van der Waals surface area (Å²) in [5.41, 5.74) is 2.54. The number of hydrogen-bond acceptors (Lipinski definition) is 1. The highest BCUT2D eigenvalue weighted by Gasteiger charge is 2.00. The summed E-state index contributed by atoms with van der Waals surface area (Å²) in [5.74, 6) is 0. The van der Waals surface area contributed by atoms with Crippen molar-refractivity contribution in [2.75, 3.05) is 11.4 Å². The van der Waals surface area contributed by atoms with Gasteiger partial charge in [0.25, 0.3) is 0 Å². The second-order valence-electron chi connectivity index (χ2n) is 3.46. The third-order valence-corrected chi connectivity index (χ3v) is 1.99. The van der Waals surface area contributed by atoms with Crippen LogP contribution < -0.4 is 4.90 Å². The summed E-state index contributed by atoms with van der Waals surface area (Å²) in [6.45, 7) is 13.2. The fourth-order valence-corrected chi connectivity index (χ4v) is 1.28. The van der Waals surface area contributed by atoms with Crippen molar-refractivity contribution >= 4 is 5.69 Å². The molecule has 0 heterocycles. The minimum absolute atomic E-state index is 0.967. The van der Waals surface area contributed by atoms with Crippen molar-refractivity contribution in [2.24, 2.45) is 0 Å². The molecule has 0 amide bonds. The molecule has 0 aliphatic carbocycles. The van der Waals surface area contributed by atoms with Gasteiger partial charge >= 0.3 is 0 Å². The van der Waals surface area contributed by atoms with Gasteiger partial charge in [-0.2, -0.15) is 0 Å². The quantitative estimate of drug-likeness (QED) is 0.707. The van der Waals surface area contributed by atoms with Gasteiger partial charge in [0, 0.05) is 12.2 Å². The lowest BCUT2D eigenvalue weighted by atomic mass is 10.2. The predicted molar refractivity (Wildman–Crippen MR) is 70.4 cm³/mol. The maximum atomic E-state index is 3.78. The molecule has 0 saturated carbocycles. The standard InChI is InChI=1S/C11H15N.C3H8/c1-4-12(5-2)11-9-7-6-8-10(11)3;1-3-2/h4,6-9H,1,5H2,2-3H3;3H2,1-2H3. The molecule has 84 valence electrons. The van der Waals surface area contributed by atoms with Crippen molar-refractivity contribution in [2.45, 2.75) is 34.1 Å². The van der Waals surface area contributed by atoms with Crippen molar-refractivity contribution in [3.05, 3.63) is 42.6 Å². The Morgan fingerprint density at radius 2 is 1.73 bits per heavy atom. The maximum absolute atomic E-state index is 3.78. The molecule has 0 spiro atoms. The van der Waals surface area contributed by atoms with Crippen LogP contribution in [0.5, 0.6) is 0 Å². The van der Waals surface area contributed by atoms with Gasteiger partial charge in [0.1, 0.15) is 0 Å². The first-order valence-electron chi connectivity index (χ1n) is 5.65. The van der Waals surface area contributed by atoms with Crippen LogP contribution in [-0.4, -0.2) is 6.54 Å². The SMILES string of the molecule is C=CN(CC)c1ccccc1C.CCC. The van der Waals surface area contributed by atoms with Gasteiger partial charge in [0.2, 0.25) is 0 Å². The lowest BCUT2D eigenvalue weighted by molar-refractivity contribution is 1.01. The van der Waals surface area contributed by atoms with Crippen LogP contribution in [0.4, 0.5) is 5.69 Å². The Bertz CT molecular complexity index is 278. The van der Waals surface area contributed by atoms with E-state index in [0.717, 1.165) is 6.54 Å². The van der Waals surface area contributed by atoms with Gasteiger partial charge in [-0.15, -0.1) is 0 Å². The van der Waals surface area contributed by atoms with Crippen molar-refractivity contribution in [1.82, 2.24) is 0 Å². The molecule has 0 atom stereocenters. The normalized spacial score (nSPS) is 8.80. The van der Waals surface area contributed by atoms with Gasteiger partial charge in [0.05, 0.1) is 0 Å². The summed E-state index contributed by atoms with van der Waals surface area (Å²) < 4.78 is 0. The van der Waals surface area contributed by atoms with Crippen LogP contribution in [0.3, 0.4) is 0 Å². The lowest BCUT2D eigenvalue weighted by Gasteiger charge is -2.19. The first-order valence-corrected chi connectivity index (χ1v) is 5.65. The maximum Gasteiger partial charge on any atom is 0.0435 e. The monoisotopic (exact) mass is 205 g/mol. The van der Waals surface area contributed by atoms with Gasteiger partial charge in [-0.05, 0) is 31.7 Å². The van der Waals surface area contributed by atoms with Gasteiger partial charge in [0.15, 0.2) is 0 Å². The summed E-state index contributed by atoms with van der Waals surface area (Å²) in [5, 5.41) is 0. The van der Waals surface area contributed by atoms with E-state index in [2.05, 4.69) is 63.4 Å². The third kappa shape index (κ3) is 4.68. The average molecular weight is 205 g/mol. The Morgan fingerprint density at radius 3 is 2.13 bits per heavy atom. The molecule has 0 N–H and O–H groups in total. The molecular weight excluding hydrogens is 182 g/mol. The summed E-state index contributed by atoms with van der Waals surface area (Å²) in [7, 11) is 0. The van der Waals surface area contributed by atoms with Crippen LogP contribution >= 0.6 is 0 Å². The lowest BCUT2D eigenvalue weighted by Crippen LogP contribution is -2.14. The van der Waals surface area contributed by atoms with Crippen LogP contribution in [0.15, 0.2) is 37.0 Å². The molecular formula is C14H23N. The Hall–Kier alpha value is -1.24. The number of para-hydroxylation sites is 1. The number of benzene rings is 1. The second-order valence-corrected chi connectivity index (χ2v) is 3.46. The fourth-order valence-electron chi connectivity index (χ4n) is 1.28. The van der Waals surface area contributed by atoms with Crippen LogP contribution in [0, 0.1) is 6.92 Å². The molecule has 0 aliphatic heterocycles. The van der Waals surface area contributed by atoms with Crippen molar-refractivity contribution in [3.8, 4) is 0 Å². The van der Waals surface area contributed by atoms with E-state index in [4.69, 9.17) is 0 Å². The fraction of sp³-hybridized carbons (Fsp3) is 0.429. The molecule has 0 fully saturated rings. The Morgan fingerprint density at radius 1 is 1.20 bits per heavy atom. The number of anilines is 1. The van der Waals surface area contributed by atoms with E-state index >= 15 is 0 Å². The Kier molecular flexibility index (Phi) is 7.43. The molecule has 0 radical (unpaired) electrons. The van der Waals surface area contributed by atoms with Crippen molar-refractivity contribution in [3.63, 3.8) is 0 Å². The van der Waals surface area contributed by atoms with Crippen molar-refractivity contribution in [1.29, 1.82) is 0 Å². The van der Waals surface area contributed by atoms with Crippen molar-refractivity contribution < 1.29 is 0 Å². The first-order chi connectivity index (χ1) is 7.21. The van der Waals surface area contributed by atoms with E-state index in [0.29, 0.717) is 0 Å². The van der Waals surface area contributed by atoms with Gasteiger partial charge in [-0.1, -0.05) is 45.0 Å². The number of nitrogens with zero attached hydrogens (tertiary/aromatic N) is 1. The highest BCUT2D eigenvalue weighted by molar-refractivity contribution is 5.54. The molecule has 0 aliphatic rings. The van der Waals surface area contributed by atoms with Crippen LogP contribution in [0.1, 0.15) is 32.8 Å². The summed E-state index contributed by atoms with van der Waals surface area (Å²) in [4.78, 5) is 2.13. The Balaban J connectivity index is 0.000000583. The van der Waals surface area contributed by atoms with E-state index in [1.165, 1.54) is 17.7 Å². The highest BCUT2D eigenvalue weighted by atomic mass is 15.1. The summed E-state index contributed by atoms with van der Waals surface area (Å²) in [6.07, 6.45) is 3.11. The zero-order valence-corrected chi connectivity index (χ0v) is 10.5. The van der Waals surface area contributed by atoms with E-state index in [-0.39, 0.29) is 0 Å². The van der Waals surface area contributed by atoms with Gasteiger partial charge < -0.3 is 4.90 Å². The molecule has 15 heavy (non-hydrogen) atoms. The van der Waals surface area contributed by atoms with E-state index in [1.54, 1.807) is 0 Å².